The molecule has 46 valence electrons. The van der Waals surface area contributed by atoms with Gasteiger partial charge < -0.3 is 9.84 Å². The molecule has 0 radical (unpaired) electrons. The van der Waals surface area contributed by atoms with Crippen molar-refractivity contribution in [3.05, 3.63) is 12.3 Å². The van der Waals surface area contributed by atoms with Crippen LogP contribution in [0.4, 0.5) is 0 Å². The fourth-order valence-electron chi connectivity index (χ4n) is 0.660. The van der Waals surface area contributed by atoms with Crippen LogP contribution in [0.2, 0.25) is 0 Å². The van der Waals surface area contributed by atoms with Crippen molar-refractivity contribution in [1.82, 2.24) is 0 Å². The zero-order valence-electron chi connectivity index (χ0n) is 4.92. The van der Waals surface area contributed by atoms with Crippen molar-refractivity contribution < 1.29 is 9.84 Å². The van der Waals surface area contributed by atoms with E-state index in [0.717, 1.165) is 6.42 Å². The number of hydrogen-bond donors (Lipinski definition) is 1. The molecule has 1 atom stereocenters. The van der Waals surface area contributed by atoms with Crippen LogP contribution in [-0.4, -0.2) is 17.3 Å². The van der Waals surface area contributed by atoms with E-state index >= 15 is 0 Å². The molecule has 1 rings (SSSR count). The highest BCUT2D eigenvalue weighted by molar-refractivity contribution is 4.94. The van der Waals surface area contributed by atoms with Crippen molar-refractivity contribution >= 4 is 0 Å². The van der Waals surface area contributed by atoms with Crippen molar-refractivity contribution in [2.24, 2.45) is 0 Å². The predicted octanol–water partition coefficient (Wildman–Crippen LogP) is 0.671. The van der Waals surface area contributed by atoms with E-state index in [-0.39, 0.29) is 12.2 Å². The second kappa shape index (κ2) is 1.78. The Hall–Kier alpha value is -0.500. The molecule has 0 saturated carbocycles. The van der Waals surface area contributed by atoms with Gasteiger partial charge in [-0.05, 0) is 13.0 Å². The summed E-state index contributed by atoms with van der Waals surface area (Å²) in [5.74, 6) is 0. The van der Waals surface area contributed by atoms with E-state index in [0.29, 0.717) is 0 Å². The van der Waals surface area contributed by atoms with Gasteiger partial charge in [0.2, 0.25) is 0 Å². The van der Waals surface area contributed by atoms with Gasteiger partial charge >= 0.3 is 0 Å². The van der Waals surface area contributed by atoms with Gasteiger partial charge in [-0.25, -0.2) is 0 Å². The Labute approximate surface area is 48.8 Å². The van der Waals surface area contributed by atoms with Gasteiger partial charge in [0.05, 0.1) is 12.9 Å². The number of aliphatic hydroxyl groups is 1. The Balaban J connectivity index is 2.46. The average molecular weight is 114 g/mol. The smallest absolute Gasteiger partial charge is 0.132 e. The molecule has 1 heterocycles. The highest BCUT2D eigenvalue weighted by atomic mass is 16.5. The molecule has 0 fully saturated rings. The first-order chi connectivity index (χ1) is 3.77. The maximum absolute atomic E-state index is 8.66. The third-order valence-electron chi connectivity index (χ3n) is 1.33. The normalized spacial score (nSPS) is 35.2. The molecular formula is C6H10O2. The molecule has 0 aromatic carbocycles. The molecule has 2 nitrogen and oxygen atoms in total. The van der Waals surface area contributed by atoms with Crippen LogP contribution >= 0.6 is 0 Å². The Kier molecular flexibility index (Phi) is 1.26. The van der Waals surface area contributed by atoms with Crippen LogP contribution in [0.15, 0.2) is 12.3 Å². The topological polar surface area (TPSA) is 29.5 Å². The molecule has 1 aliphatic rings. The van der Waals surface area contributed by atoms with Gasteiger partial charge in [-0.1, -0.05) is 0 Å². The molecular weight excluding hydrogens is 104 g/mol. The van der Waals surface area contributed by atoms with Gasteiger partial charge in [0, 0.05) is 6.42 Å². The molecule has 0 aromatic rings. The zero-order chi connectivity index (χ0) is 6.04. The monoisotopic (exact) mass is 114 g/mol. The summed E-state index contributed by atoms with van der Waals surface area (Å²) in [6, 6.07) is 0. The molecule has 0 aliphatic carbocycles. The third-order valence-corrected chi connectivity index (χ3v) is 1.33. The van der Waals surface area contributed by atoms with Crippen LogP contribution < -0.4 is 0 Å². The van der Waals surface area contributed by atoms with E-state index in [9.17, 15) is 0 Å². The largest absolute Gasteiger partial charge is 0.493 e. The van der Waals surface area contributed by atoms with Crippen molar-refractivity contribution in [2.75, 3.05) is 6.61 Å². The fourth-order valence-corrected chi connectivity index (χ4v) is 0.660. The summed E-state index contributed by atoms with van der Waals surface area (Å²) in [7, 11) is 0. The van der Waals surface area contributed by atoms with Crippen LogP contribution in [0.5, 0.6) is 0 Å². The van der Waals surface area contributed by atoms with Gasteiger partial charge in [0.25, 0.3) is 0 Å². The van der Waals surface area contributed by atoms with Gasteiger partial charge in [0.15, 0.2) is 0 Å². The second-order valence-electron chi connectivity index (χ2n) is 2.30. The third kappa shape index (κ3) is 0.842. The second-order valence-corrected chi connectivity index (χ2v) is 2.30. The quantitative estimate of drug-likeness (QED) is 0.543. The van der Waals surface area contributed by atoms with Gasteiger partial charge in [0.1, 0.15) is 5.60 Å². The lowest BCUT2D eigenvalue weighted by atomic mass is 10.1. The van der Waals surface area contributed by atoms with E-state index in [1.165, 1.54) is 0 Å². The first kappa shape index (κ1) is 5.63. The minimum absolute atomic E-state index is 0.0972. The van der Waals surface area contributed by atoms with Crippen LogP contribution in [0, 0.1) is 0 Å². The summed E-state index contributed by atoms with van der Waals surface area (Å²) >= 11 is 0. The van der Waals surface area contributed by atoms with Crippen LogP contribution in [0.1, 0.15) is 13.3 Å². The van der Waals surface area contributed by atoms with Crippen molar-refractivity contribution in [3.63, 3.8) is 0 Å². The SMILES string of the molecule is CC1(CO)CC=CO1. The summed E-state index contributed by atoms with van der Waals surface area (Å²) in [4.78, 5) is 0. The molecule has 0 aromatic heterocycles. The fraction of sp³-hybridized carbons (Fsp3) is 0.667. The summed E-state index contributed by atoms with van der Waals surface area (Å²) < 4.78 is 5.06. The van der Waals surface area contributed by atoms with E-state index in [4.69, 9.17) is 9.84 Å². The molecule has 1 N–H and O–H groups in total. The lowest BCUT2D eigenvalue weighted by molar-refractivity contribution is 0.00709. The maximum Gasteiger partial charge on any atom is 0.132 e. The minimum Gasteiger partial charge on any atom is -0.493 e. The van der Waals surface area contributed by atoms with Crippen molar-refractivity contribution in [3.8, 4) is 0 Å². The molecule has 0 spiro atoms. The Morgan fingerprint density at radius 1 is 1.88 bits per heavy atom. The van der Waals surface area contributed by atoms with Crippen molar-refractivity contribution in [1.29, 1.82) is 0 Å². The Bertz CT molecular complexity index is 99.1. The van der Waals surface area contributed by atoms with Crippen LogP contribution in [0.25, 0.3) is 0 Å². The zero-order valence-corrected chi connectivity index (χ0v) is 4.92. The average Bonchev–Trinajstić information content (AvgIpc) is 2.17. The number of hydrogen-bond acceptors (Lipinski definition) is 2. The van der Waals surface area contributed by atoms with E-state index in [1.54, 1.807) is 6.26 Å². The van der Waals surface area contributed by atoms with Crippen LogP contribution in [-0.2, 0) is 4.74 Å². The number of rotatable bonds is 1. The standard InChI is InChI=1S/C6H10O2/c1-6(5-7)3-2-4-8-6/h2,4,7H,3,5H2,1H3. The maximum atomic E-state index is 8.66. The summed E-state index contributed by atoms with van der Waals surface area (Å²) in [5, 5.41) is 8.66. The first-order valence-electron chi connectivity index (χ1n) is 2.70. The summed E-state index contributed by atoms with van der Waals surface area (Å²) in [6.07, 6.45) is 4.37. The van der Waals surface area contributed by atoms with E-state index in [1.807, 2.05) is 13.0 Å². The molecule has 0 saturated heterocycles. The van der Waals surface area contributed by atoms with Crippen molar-refractivity contribution in [2.45, 2.75) is 18.9 Å². The lowest BCUT2D eigenvalue weighted by Gasteiger charge is -2.19. The molecule has 8 heavy (non-hydrogen) atoms. The van der Waals surface area contributed by atoms with Crippen LogP contribution in [0.3, 0.4) is 0 Å². The van der Waals surface area contributed by atoms with Gasteiger partial charge in [-0.15, -0.1) is 0 Å². The highest BCUT2D eigenvalue weighted by Crippen LogP contribution is 2.20. The molecule has 0 bridgehead atoms. The van der Waals surface area contributed by atoms with E-state index < -0.39 is 0 Å². The Morgan fingerprint density at radius 3 is 2.88 bits per heavy atom. The number of ether oxygens (including phenoxy) is 1. The molecule has 1 aliphatic heterocycles. The first-order valence-corrected chi connectivity index (χ1v) is 2.70. The predicted molar refractivity (Wildman–Crippen MR) is 30.3 cm³/mol. The lowest BCUT2D eigenvalue weighted by Crippen LogP contribution is -2.27. The van der Waals surface area contributed by atoms with E-state index in [2.05, 4.69) is 0 Å². The minimum atomic E-state index is -0.319. The van der Waals surface area contributed by atoms with Gasteiger partial charge in [-0.2, -0.15) is 0 Å². The number of aliphatic hydroxyl groups excluding tert-OH is 1. The molecule has 1 unspecified atom stereocenters. The molecule has 0 amide bonds. The summed E-state index contributed by atoms with van der Waals surface area (Å²) in [5.41, 5.74) is -0.319. The van der Waals surface area contributed by atoms with Gasteiger partial charge in [-0.3, -0.25) is 0 Å². The molecule has 2 heteroatoms. The summed E-state index contributed by atoms with van der Waals surface area (Å²) in [6.45, 7) is 1.98. The Morgan fingerprint density at radius 2 is 2.62 bits per heavy atom. The highest BCUT2D eigenvalue weighted by Gasteiger charge is 2.25.